The van der Waals surface area contributed by atoms with Gasteiger partial charge in [0.25, 0.3) is 0 Å². The Balaban J connectivity index is 2.78. The van der Waals surface area contributed by atoms with Gasteiger partial charge >= 0.3 is 0 Å². The minimum Gasteiger partial charge on any atom is -0.394 e. The maximum atomic E-state index is 11.8. The third-order valence-corrected chi connectivity index (χ3v) is 3.69. The summed E-state index contributed by atoms with van der Waals surface area (Å²) in [4.78, 5) is 0.686. The van der Waals surface area contributed by atoms with Crippen molar-refractivity contribution in [2.45, 2.75) is 24.3 Å². The fraction of sp³-hybridized carbons (Fsp3) is 0.400. The molecule has 0 saturated carbocycles. The van der Waals surface area contributed by atoms with Gasteiger partial charge in [0.1, 0.15) is 11.0 Å². The average molecular weight is 292 g/mol. The van der Waals surface area contributed by atoms with Crippen molar-refractivity contribution in [1.82, 2.24) is 4.72 Å². The van der Waals surface area contributed by atoms with E-state index in [-0.39, 0.29) is 6.61 Å². The van der Waals surface area contributed by atoms with Crippen LogP contribution in [0.5, 0.6) is 0 Å². The fourth-order valence-corrected chi connectivity index (χ4v) is 2.60. The van der Waals surface area contributed by atoms with E-state index >= 15 is 0 Å². The molecule has 0 aliphatic heterocycles. The molecule has 0 saturated heterocycles. The highest BCUT2D eigenvalue weighted by atomic mass is 79.9. The first-order valence-electron chi connectivity index (χ1n) is 4.51. The SMILES string of the molecule is CC(C)(CO)NS(=O)c1cccc(Br)c1. The van der Waals surface area contributed by atoms with Gasteiger partial charge in [-0.1, -0.05) is 22.0 Å². The Morgan fingerprint density at radius 3 is 2.73 bits per heavy atom. The van der Waals surface area contributed by atoms with Crippen LogP contribution < -0.4 is 4.72 Å². The third kappa shape index (κ3) is 4.03. The second kappa shape index (κ2) is 5.21. The van der Waals surface area contributed by atoms with Gasteiger partial charge in [0.05, 0.1) is 11.5 Å². The summed E-state index contributed by atoms with van der Waals surface area (Å²) in [6.07, 6.45) is 0. The summed E-state index contributed by atoms with van der Waals surface area (Å²) in [7, 11) is -1.30. The molecule has 5 heteroatoms. The summed E-state index contributed by atoms with van der Waals surface area (Å²) in [5, 5.41) is 9.04. The Morgan fingerprint density at radius 1 is 1.53 bits per heavy atom. The van der Waals surface area contributed by atoms with Crippen LogP contribution in [-0.2, 0) is 11.0 Å². The van der Waals surface area contributed by atoms with Crippen LogP contribution in [0.1, 0.15) is 13.8 Å². The number of hydrogen-bond acceptors (Lipinski definition) is 2. The quantitative estimate of drug-likeness (QED) is 0.889. The van der Waals surface area contributed by atoms with E-state index in [0.29, 0.717) is 4.90 Å². The predicted octanol–water partition coefficient (Wildman–Crippen LogP) is 1.83. The largest absolute Gasteiger partial charge is 0.394 e. The first-order chi connectivity index (χ1) is 6.94. The number of hydrogen-bond donors (Lipinski definition) is 2. The lowest BCUT2D eigenvalue weighted by molar-refractivity contribution is 0.210. The number of halogens is 1. The molecule has 0 heterocycles. The summed E-state index contributed by atoms with van der Waals surface area (Å²) in [6, 6.07) is 7.26. The molecule has 2 N–H and O–H groups in total. The number of rotatable bonds is 4. The van der Waals surface area contributed by atoms with Crippen molar-refractivity contribution in [3.05, 3.63) is 28.7 Å². The van der Waals surface area contributed by atoms with Gasteiger partial charge in [-0.3, -0.25) is 0 Å². The topological polar surface area (TPSA) is 49.3 Å². The number of aliphatic hydroxyl groups excluding tert-OH is 1. The maximum absolute atomic E-state index is 11.8. The smallest absolute Gasteiger partial charge is 0.125 e. The van der Waals surface area contributed by atoms with Crippen molar-refractivity contribution in [2.24, 2.45) is 0 Å². The summed E-state index contributed by atoms with van der Waals surface area (Å²) in [5.41, 5.74) is -0.548. The monoisotopic (exact) mass is 291 g/mol. The van der Waals surface area contributed by atoms with E-state index in [1.54, 1.807) is 26.0 Å². The lowest BCUT2D eigenvalue weighted by atomic mass is 10.1. The molecular formula is C10H14BrNO2S. The standard InChI is InChI=1S/C10H14BrNO2S/c1-10(2,7-13)12-15(14)9-5-3-4-8(11)6-9/h3-6,12-13H,7H2,1-2H3. The molecule has 84 valence electrons. The van der Waals surface area contributed by atoms with Gasteiger partial charge in [-0.25, -0.2) is 8.93 Å². The van der Waals surface area contributed by atoms with Crippen LogP contribution in [0.2, 0.25) is 0 Å². The highest BCUT2D eigenvalue weighted by Crippen LogP contribution is 2.15. The first-order valence-corrected chi connectivity index (χ1v) is 6.45. The highest BCUT2D eigenvalue weighted by Gasteiger charge is 2.19. The minimum atomic E-state index is -1.30. The fourth-order valence-electron chi connectivity index (χ4n) is 0.924. The molecule has 0 aliphatic carbocycles. The molecular weight excluding hydrogens is 278 g/mol. The Bertz CT molecular complexity index is 368. The van der Waals surface area contributed by atoms with Crippen molar-refractivity contribution >= 4 is 26.9 Å². The van der Waals surface area contributed by atoms with Crippen molar-refractivity contribution < 1.29 is 9.32 Å². The highest BCUT2D eigenvalue weighted by molar-refractivity contribution is 9.10. The van der Waals surface area contributed by atoms with Crippen LogP contribution in [-0.4, -0.2) is 21.5 Å². The molecule has 0 bridgehead atoms. The van der Waals surface area contributed by atoms with Gasteiger partial charge in [-0.2, -0.15) is 0 Å². The normalized spacial score (nSPS) is 13.9. The molecule has 1 rings (SSSR count). The molecule has 15 heavy (non-hydrogen) atoms. The van der Waals surface area contributed by atoms with Gasteiger partial charge in [-0.15, -0.1) is 0 Å². The van der Waals surface area contributed by atoms with Crippen molar-refractivity contribution in [3.63, 3.8) is 0 Å². The third-order valence-electron chi connectivity index (χ3n) is 1.77. The minimum absolute atomic E-state index is 0.0628. The lowest BCUT2D eigenvalue weighted by Gasteiger charge is -2.22. The molecule has 1 aromatic carbocycles. The Hall–Kier alpha value is -0.230. The van der Waals surface area contributed by atoms with E-state index in [1.165, 1.54) is 0 Å². The summed E-state index contributed by atoms with van der Waals surface area (Å²) in [6.45, 7) is 3.53. The Labute approximate surface area is 101 Å². The summed E-state index contributed by atoms with van der Waals surface area (Å²) in [5.74, 6) is 0. The number of aliphatic hydroxyl groups is 1. The second-order valence-electron chi connectivity index (χ2n) is 3.87. The van der Waals surface area contributed by atoms with E-state index in [1.807, 2.05) is 12.1 Å². The van der Waals surface area contributed by atoms with Crippen LogP contribution in [0.4, 0.5) is 0 Å². The number of nitrogens with one attached hydrogen (secondary N) is 1. The van der Waals surface area contributed by atoms with Crippen LogP contribution in [0, 0.1) is 0 Å². The average Bonchev–Trinajstić information content (AvgIpc) is 2.17. The molecule has 3 nitrogen and oxygen atoms in total. The first kappa shape index (κ1) is 12.8. The zero-order valence-electron chi connectivity index (χ0n) is 8.66. The van der Waals surface area contributed by atoms with Crippen LogP contribution >= 0.6 is 15.9 Å². The van der Waals surface area contributed by atoms with Crippen molar-refractivity contribution in [2.75, 3.05) is 6.61 Å². The molecule has 0 radical (unpaired) electrons. The molecule has 1 unspecified atom stereocenters. The van der Waals surface area contributed by atoms with Gasteiger partial charge in [0.2, 0.25) is 0 Å². The van der Waals surface area contributed by atoms with E-state index in [4.69, 9.17) is 5.11 Å². The molecule has 0 aliphatic rings. The molecule has 1 atom stereocenters. The van der Waals surface area contributed by atoms with E-state index in [0.717, 1.165) is 4.47 Å². The van der Waals surface area contributed by atoms with Gasteiger partial charge in [-0.05, 0) is 32.0 Å². The molecule has 0 aromatic heterocycles. The molecule has 0 fully saturated rings. The summed E-state index contributed by atoms with van der Waals surface area (Å²) < 4.78 is 15.6. The Morgan fingerprint density at radius 2 is 2.20 bits per heavy atom. The zero-order chi connectivity index (χ0) is 11.5. The van der Waals surface area contributed by atoms with Crippen LogP contribution in [0.15, 0.2) is 33.6 Å². The van der Waals surface area contributed by atoms with Gasteiger partial charge in [0.15, 0.2) is 0 Å². The van der Waals surface area contributed by atoms with Gasteiger partial charge in [0, 0.05) is 10.0 Å². The van der Waals surface area contributed by atoms with E-state index in [9.17, 15) is 4.21 Å². The van der Waals surface area contributed by atoms with E-state index < -0.39 is 16.5 Å². The summed E-state index contributed by atoms with van der Waals surface area (Å²) >= 11 is 3.32. The Kier molecular flexibility index (Phi) is 4.45. The molecule has 0 spiro atoms. The lowest BCUT2D eigenvalue weighted by Crippen LogP contribution is -2.43. The molecule has 0 amide bonds. The van der Waals surface area contributed by atoms with Crippen LogP contribution in [0.3, 0.4) is 0 Å². The molecule has 1 aromatic rings. The van der Waals surface area contributed by atoms with Crippen molar-refractivity contribution in [3.8, 4) is 0 Å². The maximum Gasteiger partial charge on any atom is 0.125 e. The number of benzene rings is 1. The predicted molar refractivity (Wildman–Crippen MR) is 64.9 cm³/mol. The second-order valence-corrected chi connectivity index (χ2v) is 6.00. The van der Waals surface area contributed by atoms with Crippen LogP contribution in [0.25, 0.3) is 0 Å². The van der Waals surface area contributed by atoms with E-state index in [2.05, 4.69) is 20.7 Å². The van der Waals surface area contributed by atoms with Gasteiger partial charge < -0.3 is 5.11 Å². The van der Waals surface area contributed by atoms with Crippen molar-refractivity contribution in [1.29, 1.82) is 0 Å². The zero-order valence-corrected chi connectivity index (χ0v) is 11.1.